The summed E-state index contributed by atoms with van der Waals surface area (Å²) in [5, 5.41) is 0. The van der Waals surface area contributed by atoms with Crippen molar-refractivity contribution in [3.63, 3.8) is 0 Å². The Morgan fingerprint density at radius 1 is 0.889 bits per heavy atom. The highest BCUT2D eigenvalue weighted by atomic mass is 14.3. The summed E-state index contributed by atoms with van der Waals surface area (Å²) in [5.74, 6) is 0. The van der Waals surface area contributed by atoms with Crippen molar-refractivity contribution in [1.29, 1.82) is 0 Å². The molecule has 0 bridgehead atoms. The summed E-state index contributed by atoms with van der Waals surface area (Å²) in [4.78, 5) is 0. The molecule has 0 radical (unpaired) electrons. The van der Waals surface area contributed by atoms with E-state index in [9.17, 15) is 0 Å². The Morgan fingerprint density at radius 2 is 1.83 bits per heavy atom. The number of hydrogen-bond donors (Lipinski definition) is 0. The molecule has 0 aromatic heterocycles. The molecule has 18 heavy (non-hydrogen) atoms. The lowest BCUT2D eigenvalue weighted by Gasteiger charge is -2.30. The molecule has 88 valence electrons. The molecule has 1 aromatic rings. The first-order chi connectivity index (χ1) is 8.93. The van der Waals surface area contributed by atoms with Crippen molar-refractivity contribution < 1.29 is 0 Å². The highest BCUT2D eigenvalue weighted by Gasteiger charge is 2.25. The summed E-state index contributed by atoms with van der Waals surface area (Å²) in [6.45, 7) is 0. The quantitative estimate of drug-likeness (QED) is 0.613. The van der Waals surface area contributed by atoms with Crippen LogP contribution in [-0.4, -0.2) is 0 Å². The molecule has 0 aliphatic heterocycles. The van der Waals surface area contributed by atoms with Crippen LogP contribution in [0, 0.1) is 0 Å². The molecular formula is C18H16. The van der Waals surface area contributed by atoms with Crippen LogP contribution in [0.4, 0.5) is 0 Å². The largest absolute Gasteiger partial charge is 0.0801 e. The van der Waals surface area contributed by atoms with Gasteiger partial charge in [-0.2, -0.15) is 0 Å². The molecule has 0 saturated carbocycles. The topological polar surface area (TPSA) is 0 Å². The molecule has 0 nitrogen and oxygen atoms in total. The number of hydrogen-bond acceptors (Lipinski definition) is 0. The average molecular weight is 232 g/mol. The summed E-state index contributed by atoms with van der Waals surface area (Å²) >= 11 is 0. The van der Waals surface area contributed by atoms with Gasteiger partial charge in [-0.1, -0.05) is 48.6 Å². The molecule has 3 aliphatic rings. The van der Waals surface area contributed by atoms with E-state index in [4.69, 9.17) is 0 Å². The molecule has 0 spiro atoms. The van der Waals surface area contributed by atoms with Gasteiger partial charge in [0.05, 0.1) is 0 Å². The lowest BCUT2D eigenvalue weighted by atomic mass is 9.75. The minimum Gasteiger partial charge on any atom is -0.0801 e. The van der Waals surface area contributed by atoms with Gasteiger partial charge in [-0.3, -0.25) is 0 Å². The minimum absolute atomic E-state index is 1.12. The third-order valence-electron chi connectivity index (χ3n) is 4.31. The van der Waals surface area contributed by atoms with E-state index in [-0.39, 0.29) is 0 Å². The number of fused-ring (bicyclic) bond motifs is 4. The zero-order chi connectivity index (χ0) is 11.9. The Kier molecular flexibility index (Phi) is 2.16. The second-order valence-corrected chi connectivity index (χ2v) is 5.26. The van der Waals surface area contributed by atoms with E-state index in [2.05, 4.69) is 48.6 Å². The fourth-order valence-electron chi connectivity index (χ4n) is 3.43. The van der Waals surface area contributed by atoms with Crippen LogP contribution in [0.25, 0.3) is 5.57 Å². The number of rotatable bonds is 0. The monoisotopic (exact) mass is 232 g/mol. The Labute approximate surface area is 108 Å². The van der Waals surface area contributed by atoms with Gasteiger partial charge < -0.3 is 0 Å². The van der Waals surface area contributed by atoms with Gasteiger partial charge in [0, 0.05) is 0 Å². The molecule has 0 atom stereocenters. The Hall–Kier alpha value is -1.82. The van der Waals surface area contributed by atoms with E-state index in [0.717, 1.165) is 12.8 Å². The molecular weight excluding hydrogens is 216 g/mol. The average Bonchev–Trinajstić information content (AvgIpc) is 2.46. The molecule has 0 saturated heterocycles. The second-order valence-electron chi connectivity index (χ2n) is 5.26. The summed E-state index contributed by atoms with van der Waals surface area (Å²) in [6, 6.07) is 8.91. The normalized spacial score (nSPS) is 20.7. The predicted octanol–water partition coefficient (Wildman–Crippen LogP) is 4.60. The zero-order valence-electron chi connectivity index (χ0n) is 10.4. The third kappa shape index (κ3) is 1.38. The maximum absolute atomic E-state index is 2.43. The fraction of sp³-hybridized carbons (Fsp3) is 0.222. The van der Waals surface area contributed by atoms with Gasteiger partial charge in [-0.05, 0) is 59.1 Å². The first-order valence-electron chi connectivity index (χ1n) is 6.80. The highest BCUT2D eigenvalue weighted by molar-refractivity contribution is 5.81. The van der Waals surface area contributed by atoms with E-state index in [1.165, 1.54) is 35.1 Å². The number of allylic oxidation sites excluding steroid dienone is 8. The van der Waals surface area contributed by atoms with E-state index in [0.29, 0.717) is 0 Å². The Balaban J connectivity index is 1.91. The SMILES string of the molecule is C1=CCC2=CCC3=C(CCc4ccccc43)C2=C1. The molecule has 0 fully saturated rings. The molecule has 0 N–H and O–H groups in total. The van der Waals surface area contributed by atoms with Crippen molar-refractivity contribution in [2.24, 2.45) is 0 Å². The van der Waals surface area contributed by atoms with Gasteiger partial charge in [0.25, 0.3) is 0 Å². The number of benzene rings is 1. The van der Waals surface area contributed by atoms with Crippen LogP contribution in [-0.2, 0) is 6.42 Å². The van der Waals surface area contributed by atoms with E-state index in [1.807, 2.05) is 0 Å². The molecule has 0 heterocycles. The van der Waals surface area contributed by atoms with Gasteiger partial charge in [-0.15, -0.1) is 0 Å². The summed E-state index contributed by atoms with van der Waals surface area (Å²) in [6.07, 6.45) is 13.8. The molecule has 3 aliphatic carbocycles. The van der Waals surface area contributed by atoms with Gasteiger partial charge >= 0.3 is 0 Å². The standard InChI is InChI=1S/C18H16/c1-3-7-15-13(5-1)9-11-18-16-8-4-2-6-14(16)10-12-17(15)18/h1-5,7-8,10H,6,9,11-12H2. The van der Waals surface area contributed by atoms with Crippen LogP contribution < -0.4 is 0 Å². The van der Waals surface area contributed by atoms with E-state index >= 15 is 0 Å². The zero-order valence-corrected chi connectivity index (χ0v) is 10.4. The maximum atomic E-state index is 2.43. The van der Waals surface area contributed by atoms with Crippen molar-refractivity contribution in [2.75, 3.05) is 0 Å². The maximum Gasteiger partial charge on any atom is -0.00823 e. The Bertz CT molecular complexity index is 636. The van der Waals surface area contributed by atoms with Crippen LogP contribution in [0.1, 0.15) is 30.4 Å². The second kappa shape index (κ2) is 3.84. The minimum atomic E-state index is 1.12. The molecule has 0 heteroatoms. The van der Waals surface area contributed by atoms with Crippen molar-refractivity contribution >= 4 is 5.57 Å². The Morgan fingerprint density at radius 3 is 2.83 bits per heavy atom. The summed E-state index contributed by atoms with van der Waals surface area (Å²) in [7, 11) is 0. The smallest absolute Gasteiger partial charge is 0.00823 e. The van der Waals surface area contributed by atoms with Gasteiger partial charge in [0.1, 0.15) is 0 Å². The predicted molar refractivity (Wildman–Crippen MR) is 76.2 cm³/mol. The summed E-state index contributed by atoms with van der Waals surface area (Å²) in [5.41, 5.74) is 9.24. The third-order valence-corrected chi connectivity index (χ3v) is 4.31. The van der Waals surface area contributed by atoms with Crippen molar-refractivity contribution in [1.82, 2.24) is 0 Å². The van der Waals surface area contributed by atoms with Gasteiger partial charge in [0.15, 0.2) is 0 Å². The molecule has 1 aromatic carbocycles. The van der Waals surface area contributed by atoms with Crippen LogP contribution in [0.15, 0.2) is 65.3 Å². The van der Waals surface area contributed by atoms with Gasteiger partial charge in [-0.25, -0.2) is 0 Å². The van der Waals surface area contributed by atoms with Crippen molar-refractivity contribution in [3.8, 4) is 0 Å². The van der Waals surface area contributed by atoms with Gasteiger partial charge in [0.2, 0.25) is 0 Å². The first-order valence-corrected chi connectivity index (χ1v) is 6.80. The van der Waals surface area contributed by atoms with Crippen LogP contribution in [0.3, 0.4) is 0 Å². The molecule has 0 unspecified atom stereocenters. The number of aryl methyl sites for hydroxylation is 1. The van der Waals surface area contributed by atoms with E-state index < -0.39 is 0 Å². The highest BCUT2D eigenvalue weighted by Crippen LogP contribution is 2.43. The lowest BCUT2D eigenvalue weighted by Crippen LogP contribution is -2.12. The van der Waals surface area contributed by atoms with Crippen molar-refractivity contribution in [3.05, 3.63) is 76.4 Å². The van der Waals surface area contributed by atoms with Crippen LogP contribution in [0.2, 0.25) is 0 Å². The van der Waals surface area contributed by atoms with E-state index in [1.54, 1.807) is 11.1 Å². The summed E-state index contributed by atoms with van der Waals surface area (Å²) < 4.78 is 0. The van der Waals surface area contributed by atoms with Crippen molar-refractivity contribution in [2.45, 2.75) is 25.7 Å². The van der Waals surface area contributed by atoms with Crippen LogP contribution in [0.5, 0.6) is 0 Å². The molecule has 4 rings (SSSR count). The molecule has 0 amide bonds. The first kappa shape index (κ1) is 10.1. The van der Waals surface area contributed by atoms with Crippen LogP contribution >= 0.6 is 0 Å². The fourth-order valence-corrected chi connectivity index (χ4v) is 3.43. The lowest BCUT2D eigenvalue weighted by molar-refractivity contribution is 0.902.